The van der Waals surface area contributed by atoms with Crippen LogP contribution in [0.5, 0.6) is 0 Å². The third-order valence-electron chi connectivity index (χ3n) is 2.99. The number of hydrogen-bond acceptors (Lipinski definition) is 8. The van der Waals surface area contributed by atoms with Crippen molar-refractivity contribution in [3.8, 4) is 11.4 Å². The first-order chi connectivity index (χ1) is 11.7. The van der Waals surface area contributed by atoms with Gasteiger partial charge in [0.05, 0.1) is 0 Å². The second kappa shape index (κ2) is 8.02. The molecule has 0 fully saturated rings. The largest absolute Gasteiger partial charge is 0.339 e. The standard InChI is InChI=1S/C15H15N5O2S2/c1-2-23-15-19-18-14(24-15)16-11(21)8-9-12-17-13(20-22-12)10-6-4-3-5-7-10/h3-7H,2,8-9H2,1H3,(H,16,18,21). The second-order valence-electron chi connectivity index (χ2n) is 4.73. The molecular formula is C15H15N5O2S2. The zero-order chi connectivity index (χ0) is 16.8. The second-order valence-corrected chi connectivity index (χ2v) is 7.22. The lowest BCUT2D eigenvalue weighted by molar-refractivity contribution is -0.116. The minimum Gasteiger partial charge on any atom is -0.339 e. The SMILES string of the molecule is CCSc1nnc(NC(=O)CCc2nc(-c3ccccc3)no2)s1. The van der Waals surface area contributed by atoms with Crippen LogP contribution in [0.4, 0.5) is 5.13 Å². The summed E-state index contributed by atoms with van der Waals surface area (Å²) in [6, 6.07) is 9.55. The molecule has 3 rings (SSSR count). The van der Waals surface area contributed by atoms with Gasteiger partial charge in [-0.25, -0.2) is 0 Å². The predicted octanol–water partition coefficient (Wildman–Crippen LogP) is 3.27. The molecule has 0 unspecified atom stereocenters. The Hall–Kier alpha value is -2.26. The lowest BCUT2D eigenvalue weighted by Crippen LogP contribution is -2.12. The first-order valence-corrected chi connectivity index (χ1v) is 9.19. The zero-order valence-electron chi connectivity index (χ0n) is 12.9. The summed E-state index contributed by atoms with van der Waals surface area (Å²) in [5.74, 6) is 1.72. The first-order valence-electron chi connectivity index (χ1n) is 7.38. The van der Waals surface area contributed by atoms with Crippen LogP contribution < -0.4 is 5.32 Å². The molecule has 1 aromatic carbocycles. The fraction of sp³-hybridized carbons (Fsp3) is 0.267. The topological polar surface area (TPSA) is 93.8 Å². The molecule has 1 amide bonds. The van der Waals surface area contributed by atoms with E-state index in [-0.39, 0.29) is 12.3 Å². The van der Waals surface area contributed by atoms with Gasteiger partial charge in [0, 0.05) is 18.4 Å². The fourth-order valence-corrected chi connectivity index (χ4v) is 3.57. The normalized spacial score (nSPS) is 10.7. The Morgan fingerprint density at radius 2 is 2.12 bits per heavy atom. The van der Waals surface area contributed by atoms with E-state index in [2.05, 4.69) is 25.7 Å². The Labute approximate surface area is 146 Å². The van der Waals surface area contributed by atoms with Crippen molar-refractivity contribution in [2.75, 3.05) is 11.1 Å². The molecule has 2 heterocycles. The number of nitrogens with zero attached hydrogens (tertiary/aromatic N) is 4. The lowest BCUT2D eigenvalue weighted by Gasteiger charge is -1.98. The van der Waals surface area contributed by atoms with Gasteiger partial charge in [-0.05, 0) is 5.75 Å². The summed E-state index contributed by atoms with van der Waals surface area (Å²) in [5.41, 5.74) is 0.881. The van der Waals surface area contributed by atoms with Gasteiger partial charge in [0.15, 0.2) is 4.34 Å². The highest BCUT2D eigenvalue weighted by Crippen LogP contribution is 2.25. The number of carbonyl (C=O) groups is 1. The minimum absolute atomic E-state index is 0.154. The molecule has 0 aliphatic carbocycles. The fourth-order valence-electron chi connectivity index (χ4n) is 1.91. The summed E-state index contributed by atoms with van der Waals surface area (Å²) < 4.78 is 6.03. The Morgan fingerprint density at radius 3 is 2.92 bits per heavy atom. The van der Waals surface area contributed by atoms with E-state index in [1.54, 1.807) is 11.8 Å². The van der Waals surface area contributed by atoms with Crippen LogP contribution >= 0.6 is 23.1 Å². The summed E-state index contributed by atoms with van der Waals surface area (Å²) >= 11 is 2.96. The summed E-state index contributed by atoms with van der Waals surface area (Å²) in [5, 5.41) is 15.1. The number of aryl methyl sites for hydroxylation is 1. The molecule has 0 aliphatic heterocycles. The van der Waals surface area contributed by atoms with Crippen molar-refractivity contribution >= 4 is 34.1 Å². The third kappa shape index (κ3) is 4.39. The molecule has 7 nitrogen and oxygen atoms in total. The summed E-state index contributed by atoms with van der Waals surface area (Å²) in [7, 11) is 0. The van der Waals surface area contributed by atoms with E-state index in [0.29, 0.717) is 23.3 Å². The lowest BCUT2D eigenvalue weighted by atomic mass is 10.2. The van der Waals surface area contributed by atoms with E-state index in [4.69, 9.17) is 4.52 Å². The van der Waals surface area contributed by atoms with Crippen molar-refractivity contribution in [3.05, 3.63) is 36.2 Å². The average Bonchev–Trinajstić information content (AvgIpc) is 3.24. The van der Waals surface area contributed by atoms with Crippen LogP contribution in [0, 0.1) is 0 Å². The average molecular weight is 361 g/mol. The molecule has 9 heteroatoms. The number of amides is 1. The smallest absolute Gasteiger partial charge is 0.227 e. The summed E-state index contributed by atoms with van der Waals surface area (Å²) in [4.78, 5) is 16.3. The quantitative estimate of drug-likeness (QED) is 0.510. The van der Waals surface area contributed by atoms with Crippen LogP contribution in [0.3, 0.4) is 0 Å². The van der Waals surface area contributed by atoms with Crippen LogP contribution in [0.25, 0.3) is 11.4 Å². The van der Waals surface area contributed by atoms with Crippen molar-refractivity contribution < 1.29 is 9.32 Å². The third-order valence-corrected chi connectivity index (χ3v) is 4.84. The van der Waals surface area contributed by atoms with Gasteiger partial charge in [0.1, 0.15) is 0 Å². The van der Waals surface area contributed by atoms with E-state index in [9.17, 15) is 4.79 Å². The molecule has 0 atom stereocenters. The number of carbonyl (C=O) groups excluding carboxylic acids is 1. The van der Waals surface area contributed by atoms with E-state index >= 15 is 0 Å². The highest BCUT2D eigenvalue weighted by atomic mass is 32.2. The Kier molecular flexibility index (Phi) is 5.55. The maximum absolute atomic E-state index is 12.0. The van der Waals surface area contributed by atoms with Gasteiger partial charge in [-0.3, -0.25) is 4.79 Å². The van der Waals surface area contributed by atoms with Gasteiger partial charge >= 0.3 is 0 Å². The maximum Gasteiger partial charge on any atom is 0.227 e. The Bertz CT molecular complexity index is 803. The molecule has 124 valence electrons. The van der Waals surface area contributed by atoms with Gasteiger partial charge in [0.2, 0.25) is 22.8 Å². The van der Waals surface area contributed by atoms with Crippen molar-refractivity contribution in [2.24, 2.45) is 0 Å². The van der Waals surface area contributed by atoms with Crippen LogP contribution in [0.2, 0.25) is 0 Å². The van der Waals surface area contributed by atoms with Gasteiger partial charge in [-0.1, -0.05) is 65.5 Å². The zero-order valence-corrected chi connectivity index (χ0v) is 14.6. The number of aromatic nitrogens is 4. The summed E-state index contributed by atoms with van der Waals surface area (Å²) in [6.45, 7) is 2.04. The first kappa shape index (κ1) is 16.6. The molecule has 24 heavy (non-hydrogen) atoms. The number of rotatable bonds is 7. The number of anilines is 1. The molecule has 0 aliphatic rings. The minimum atomic E-state index is -0.154. The van der Waals surface area contributed by atoms with Crippen LogP contribution in [-0.4, -0.2) is 32.0 Å². The van der Waals surface area contributed by atoms with Crippen molar-refractivity contribution in [1.82, 2.24) is 20.3 Å². The van der Waals surface area contributed by atoms with Gasteiger partial charge in [0.25, 0.3) is 0 Å². The van der Waals surface area contributed by atoms with Gasteiger partial charge in [-0.15, -0.1) is 10.2 Å². The number of hydrogen-bond donors (Lipinski definition) is 1. The molecular weight excluding hydrogens is 346 g/mol. The number of thioether (sulfide) groups is 1. The van der Waals surface area contributed by atoms with Crippen LogP contribution in [0.1, 0.15) is 19.2 Å². The summed E-state index contributed by atoms with van der Waals surface area (Å²) in [6.07, 6.45) is 0.618. The van der Waals surface area contributed by atoms with Crippen LogP contribution in [0.15, 0.2) is 39.2 Å². The molecule has 3 aromatic rings. The Morgan fingerprint density at radius 1 is 1.29 bits per heavy atom. The highest BCUT2D eigenvalue weighted by molar-refractivity contribution is 8.01. The van der Waals surface area contributed by atoms with Crippen LogP contribution in [-0.2, 0) is 11.2 Å². The molecule has 2 aromatic heterocycles. The highest BCUT2D eigenvalue weighted by Gasteiger charge is 2.12. The van der Waals surface area contributed by atoms with Crippen molar-refractivity contribution in [1.29, 1.82) is 0 Å². The van der Waals surface area contributed by atoms with E-state index in [1.807, 2.05) is 37.3 Å². The van der Waals surface area contributed by atoms with Gasteiger partial charge < -0.3 is 9.84 Å². The maximum atomic E-state index is 12.0. The molecule has 1 N–H and O–H groups in total. The molecule has 0 saturated heterocycles. The number of nitrogens with one attached hydrogen (secondary N) is 1. The van der Waals surface area contributed by atoms with Gasteiger partial charge in [-0.2, -0.15) is 4.98 Å². The molecule has 0 radical (unpaired) electrons. The van der Waals surface area contributed by atoms with E-state index in [1.165, 1.54) is 11.3 Å². The molecule has 0 saturated carbocycles. The molecule has 0 spiro atoms. The van der Waals surface area contributed by atoms with Crippen molar-refractivity contribution in [2.45, 2.75) is 24.1 Å². The van der Waals surface area contributed by atoms with E-state index < -0.39 is 0 Å². The Balaban J connectivity index is 1.52. The van der Waals surface area contributed by atoms with Crippen molar-refractivity contribution in [3.63, 3.8) is 0 Å². The molecule has 0 bridgehead atoms. The monoisotopic (exact) mass is 361 g/mol. The van der Waals surface area contributed by atoms with E-state index in [0.717, 1.165) is 15.7 Å². The predicted molar refractivity (Wildman–Crippen MR) is 93.0 cm³/mol. The number of benzene rings is 1.